The molecule has 0 aromatic heterocycles. The van der Waals surface area contributed by atoms with E-state index in [0.717, 1.165) is 0 Å². The van der Waals surface area contributed by atoms with Crippen LogP contribution in [-0.2, 0) is 9.53 Å². The van der Waals surface area contributed by atoms with Crippen molar-refractivity contribution in [1.82, 2.24) is 0 Å². The molecule has 1 amide bonds. The van der Waals surface area contributed by atoms with Gasteiger partial charge in [-0.05, 0) is 44.0 Å². The number of carbonyl (C=O) groups excluding carboxylic acids is 2. The van der Waals surface area contributed by atoms with Gasteiger partial charge in [-0.15, -0.1) is 0 Å². The summed E-state index contributed by atoms with van der Waals surface area (Å²) in [6, 6.07) is 6.65. The summed E-state index contributed by atoms with van der Waals surface area (Å²) in [6.07, 6.45) is -0.151. The molecule has 0 radical (unpaired) electrons. The van der Waals surface area contributed by atoms with E-state index in [0.29, 0.717) is 11.3 Å². The molecule has 20 heavy (non-hydrogen) atoms. The van der Waals surface area contributed by atoms with Gasteiger partial charge in [0.15, 0.2) is 0 Å². The Bertz CT molecular complexity index is 469. The van der Waals surface area contributed by atoms with Crippen LogP contribution in [0.3, 0.4) is 0 Å². The van der Waals surface area contributed by atoms with Gasteiger partial charge in [0.2, 0.25) is 5.91 Å². The zero-order valence-electron chi connectivity index (χ0n) is 12.1. The van der Waals surface area contributed by atoms with Gasteiger partial charge < -0.3 is 10.1 Å². The van der Waals surface area contributed by atoms with Crippen LogP contribution in [-0.4, -0.2) is 22.8 Å². The number of benzene rings is 1. The van der Waals surface area contributed by atoms with Gasteiger partial charge in [0.25, 0.3) is 0 Å². The van der Waals surface area contributed by atoms with E-state index in [1.807, 2.05) is 13.8 Å². The highest BCUT2D eigenvalue weighted by molar-refractivity contribution is 9.10. The van der Waals surface area contributed by atoms with Crippen LogP contribution in [0.1, 0.15) is 38.1 Å². The molecule has 0 aliphatic heterocycles. The number of nitrogens with one attached hydrogen (secondary N) is 1. The predicted molar refractivity (Wildman–Crippen MR) is 83.2 cm³/mol. The maximum atomic E-state index is 11.9. The first-order valence-corrected chi connectivity index (χ1v) is 7.48. The van der Waals surface area contributed by atoms with Crippen molar-refractivity contribution in [3.63, 3.8) is 0 Å². The lowest BCUT2D eigenvalue weighted by Crippen LogP contribution is -2.26. The molecule has 110 valence electrons. The standard InChI is InChI=1S/C15H20BrNO3/c1-9(2)13(16)14(18)17-12-7-5-11(6-8-12)15(19)20-10(3)4/h5-10,13H,1-4H3,(H,17,18). The van der Waals surface area contributed by atoms with Crippen LogP contribution in [0.5, 0.6) is 0 Å². The number of amides is 1. The largest absolute Gasteiger partial charge is 0.459 e. The monoisotopic (exact) mass is 341 g/mol. The lowest BCUT2D eigenvalue weighted by Gasteiger charge is -2.14. The van der Waals surface area contributed by atoms with Crippen LogP contribution in [0.2, 0.25) is 0 Å². The summed E-state index contributed by atoms with van der Waals surface area (Å²) in [4.78, 5) is 23.3. The van der Waals surface area contributed by atoms with E-state index in [4.69, 9.17) is 4.74 Å². The Morgan fingerprint density at radius 1 is 1.10 bits per heavy atom. The van der Waals surface area contributed by atoms with Crippen LogP contribution in [0.25, 0.3) is 0 Å². The summed E-state index contributed by atoms with van der Waals surface area (Å²) < 4.78 is 5.09. The summed E-state index contributed by atoms with van der Waals surface area (Å²) in [5.74, 6) is -0.258. The van der Waals surface area contributed by atoms with E-state index in [1.54, 1.807) is 38.1 Å². The van der Waals surface area contributed by atoms with Crippen LogP contribution >= 0.6 is 15.9 Å². The summed E-state index contributed by atoms with van der Waals surface area (Å²) in [5, 5.41) is 2.79. The molecule has 0 saturated carbocycles. The normalized spacial score (nSPS) is 12.3. The Labute approximate surface area is 128 Å². The molecular formula is C15H20BrNO3. The fourth-order valence-electron chi connectivity index (χ4n) is 1.49. The topological polar surface area (TPSA) is 55.4 Å². The van der Waals surface area contributed by atoms with Gasteiger partial charge in [0.1, 0.15) is 0 Å². The molecule has 1 N–H and O–H groups in total. The zero-order valence-corrected chi connectivity index (χ0v) is 13.7. The number of ether oxygens (including phenoxy) is 1. The van der Waals surface area contributed by atoms with Crippen LogP contribution in [0.15, 0.2) is 24.3 Å². The number of anilines is 1. The number of carbonyl (C=O) groups is 2. The Morgan fingerprint density at radius 2 is 1.65 bits per heavy atom. The third-order valence-corrected chi connectivity index (χ3v) is 4.04. The number of halogens is 1. The van der Waals surface area contributed by atoms with Crippen LogP contribution in [0.4, 0.5) is 5.69 Å². The van der Waals surface area contributed by atoms with E-state index in [9.17, 15) is 9.59 Å². The lowest BCUT2D eigenvalue weighted by atomic mass is 10.1. The number of esters is 1. The summed E-state index contributed by atoms with van der Waals surface area (Å²) in [6.45, 7) is 7.52. The van der Waals surface area contributed by atoms with Crippen molar-refractivity contribution in [3.05, 3.63) is 29.8 Å². The minimum atomic E-state index is -0.363. The number of hydrogen-bond donors (Lipinski definition) is 1. The average molecular weight is 342 g/mol. The van der Waals surface area contributed by atoms with Crippen molar-refractivity contribution in [1.29, 1.82) is 0 Å². The highest BCUT2D eigenvalue weighted by Crippen LogP contribution is 2.16. The van der Waals surface area contributed by atoms with Crippen molar-refractivity contribution < 1.29 is 14.3 Å². The van der Waals surface area contributed by atoms with Crippen molar-refractivity contribution in [3.8, 4) is 0 Å². The summed E-state index contributed by atoms with van der Waals surface area (Å²) >= 11 is 3.34. The molecule has 1 unspecified atom stereocenters. The van der Waals surface area contributed by atoms with Crippen LogP contribution < -0.4 is 5.32 Å². The van der Waals surface area contributed by atoms with E-state index in [2.05, 4.69) is 21.2 Å². The highest BCUT2D eigenvalue weighted by atomic mass is 79.9. The minimum Gasteiger partial charge on any atom is -0.459 e. The summed E-state index contributed by atoms with van der Waals surface area (Å²) in [7, 11) is 0. The van der Waals surface area contributed by atoms with Gasteiger partial charge in [0, 0.05) is 5.69 Å². The third-order valence-electron chi connectivity index (χ3n) is 2.57. The molecule has 1 atom stereocenters. The Hall–Kier alpha value is -1.36. The SMILES string of the molecule is CC(C)OC(=O)c1ccc(NC(=O)C(Br)C(C)C)cc1. The number of alkyl halides is 1. The van der Waals surface area contributed by atoms with Gasteiger partial charge in [0.05, 0.1) is 16.5 Å². The Kier molecular flexibility index (Phi) is 6.20. The maximum Gasteiger partial charge on any atom is 0.338 e. The van der Waals surface area contributed by atoms with Crippen molar-refractivity contribution in [2.45, 2.75) is 38.6 Å². The van der Waals surface area contributed by atoms with E-state index < -0.39 is 0 Å². The highest BCUT2D eigenvalue weighted by Gasteiger charge is 2.18. The second-order valence-electron chi connectivity index (χ2n) is 5.17. The smallest absolute Gasteiger partial charge is 0.338 e. The fourth-order valence-corrected chi connectivity index (χ4v) is 1.60. The first kappa shape index (κ1) is 16.7. The first-order valence-electron chi connectivity index (χ1n) is 6.57. The fraction of sp³-hybridized carbons (Fsp3) is 0.467. The molecule has 5 heteroatoms. The van der Waals surface area contributed by atoms with Gasteiger partial charge in [-0.2, -0.15) is 0 Å². The lowest BCUT2D eigenvalue weighted by molar-refractivity contribution is -0.116. The van der Waals surface area contributed by atoms with Crippen molar-refractivity contribution in [2.24, 2.45) is 5.92 Å². The molecule has 0 aliphatic carbocycles. The van der Waals surface area contributed by atoms with Gasteiger partial charge in [-0.25, -0.2) is 4.79 Å². The molecule has 1 aromatic carbocycles. The van der Waals surface area contributed by atoms with Crippen LogP contribution in [0, 0.1) is 5.92 Å². The molecule has 1 rings (SSSR count). The second-order valence-corrected chi connectivity index (χ2v) is 6.15. The molecule has 0 aliphatic rings. The quantitative estimate of drug-likeness (QED) is 0.657. The predicted octanol–water partition coefficient (Wildman–Crippen LogP) is 3.61. The molecule has 0 bridgehead atoms. The third kappa shape index (κ3) is 4.96. The molecule has 0 saturated heterocycles. The van der Waals surface area contributed by atoms with Crippen molar-refractivity contribution in [2.75, 3.05) is 5.32 Å². The molecule has 0 fully saturated rings. The number of rotatable bonds is 5. The minimum absolute atomic E-state index is 0.0995. The molecule has 0 spiro atoms. The number of hydrogen-bond acceptors (Lipinski definition) is 3. The maximum absolute atomic E-state index is 11.9. The molecule has 4 nitrogen and oxygen atoms in total. The van der Waals surface area contributed by atoms with E-state index >= 15 is 0 Å². The summed E-state index contributed by atoms with van der Waals surface area (Å²) in [5.41, 5.74) is 1.12. The average Bonchev–Trinajstić information content (AvgIpc) is 2.37. The van der Waals surface area contributed by atoms with Crippen molar-refractivity contribution >= 4 is 33.5 Å². The second kappa shape index (κ2) is 7.43. The van der Waals surface area contributed by atoms with Gasteiger partial charge >= 0.3 is 5.97 Å². The Balaban J connectivity index is 2.67. The van der Waals surface area contributed by atoms with E-state index in [-0.39, 0.29) is 28.7 Å². The Morgan fingerprint density at radius 3 is 2.10 bits per heavy atom. The van der Waals surface area contributed by atoms with Gasteiger partial charge in [-0.1, -0.05) is 29.8 Å². The molecule has 0 heterocycles. The first-order chi connectivity index (χ1) is 9.31. The zero-order chi connectivity index (χ0) is 15.3. The molecular weight excluding hydrogens is 322 g/mol. The van der Waals surface area contributed by atoms with Gasteiger partial charge in [-0.3, -0.25) is 4.79 Å². The van der Waals surface area contributed by atoms with E-state index in [1.165, 1.54) is 0 Å². The molecule has 1 aromatic rings.